The summed E-state index contributed by atoms with van der Waals surface area (Å²) in [6.45, 7) is 12.7. The van der Waals surface area contributed by atoms with Crippen molar-refractivity contribution in [1.29, 1.82) is 0 Å². The zero-order chi connectivity index (χ0) is 25.5. The third-order valence-electron chi connectivity index (χ3n) is 12.1. The average Bonchev–Trinajstić information content (AvgIpc) is 3.22. The minimum atomic E-state index is -0.133. The van der Waals surface area contributed by atoms with Crippen molar-refractivity contribution in [2.75, 3.05) is 0 Å². The second-order valence-electron chi connectivity index (χ2n) is 14.4. The topological polar surface area (TPSA) is 26.3 Å². The molecule has 5 rings (SSSR count). The van der Waals surface area contributed by atoms with E-state index in [1.165, 1.54) is 64.2 Å². The van der Waals surface area contributed by atoms with E-state index in [1.807, 2.05) is 30.3 Å². The number of hydrogen-bond acceptors (Lipinski definition) is 2. The zero-order valence-corrected chi connectivity index (χ0v) is 23.8. The van der Waals surface area contributed by atoms with Gasteiger partial charge in [-0.2, -0.15) is 0 Å². The minimum absolute atomic E-state index is 0.101. The van der Waals surface area contributed by atoms with E-state index in [1.54, 1.807) is 0 Å². The predicted molar refractivity (Wildman–Crippen MR) is 149 cm³/mol. The van der Waals surface area contributed by atoms with Gasteiger partial charge in [0.25, 0.3) is 0 Å². The van der Waals surface area contributed by atoms with Crippen molar-refractivity contribution in [3.63, 3.8) is 0 Å². The van der Waals surface area contributed by atoms with Gasteiger partial charge in [0.05, 0.1) is 5.56 Å². The normalized spacial score (nSPS) is 40.7. The van der Waals surface area contributed by atoms with Gasteiger partial charge in [0.15, 0.2) is 0 Å². The van der Waals surface area contributed by atoms with Gasteiger partial charge in [-0.15, -0.1) is 0 Å². The molecular weight excluding hydrogens is 440 g/mol. The lowest BCUT2D eigenvalue weighted by atomic mass is 9.44. The number of esters is 1. The van der Waals surface area contributed by atoms with Crippen LogP contribution in [0.4, 0.5) is 0 Å². The van der Waals surface area contributed by atoms with E-state index in [0.29, 0.717) is 16.4 Å². The van der Waals surface area contributed by atoms with Gasteiger partial charge in [0.2, 0.25) is 0 Å². The lowest BCUT2D eigenvalue weighted by Gasteiger charge is -2.61. The van der Waals surface area contributed by atoms with E-state index < -0.39 is 0 Å². The first-order valence-electron chi connectivity index (χ1n) is 15.5. The third kappa shape index (κ3) is 4.80. The zero-order valence-electron chi connectivity index (χ0n) is 23.8. The van der Waals surface area contributed by atoms with Crippen molar-refractivity contribution in [1.82, 2.24) is 0 Å². The maximum atomic E-state index is 12.7. The van der Waals surface area contributed by atoms with Crippen LogP contribution in [0, 0.1) is 52.3 Å². The molecule has 0 unspecified atom stereocenters. The molecule has 4 aliphatic rings. The molecule has 1 aromatic carbocycles. The fourth-order valence-corrected chi connectivity index (χ4v) is 10.1. The van der Waals surface area contributed by atoms with Crippen LogP contribution < -0.4 is 0 Å². The Balaban J connectivity index is 1.22. The average molecular weight is 493 g/mol. The smallest absolute Gasteiger partial charge is 0.338 e. The maximum Gasteiger partial charge on any atom is 0.338 e. The summed E-state index contributed by atoms with van der Waals surface area (Å²) < 4.78 is 6.04. The molecule has 0 amide bonds. The second-order valence-corrected chi connectivity index (χ2v) is 14.4. The van der Waals surface area contributed by atoms with Crippen LogP contribution >= 0.6 is 0 Å². The number of benzene rings is 1. The van der Waals surface area contributed by atoms with Crippen LogP contribution in [-0.2, 0) is 4.74 Å². The van der Waals surface area contributed by atoms with Crippen LogP contribution in [0.15, 0.2) is 30.3 Å². The summed E-state index contributed by atoms with van der Waals surface area (Å²) in [4.78, 5) is 12.7. The highest BCUT2D eigenvalue weighted by atomic mass is 16.5. The Bertz CT molecular complexity index is 892. The van der Waals surface area contributed by atoms with Gasteiger partial charge in [-0.05, 0) is 122 Å². The third-order valence-corrected chi connectivity index (χ3v) is 12.1. The van der Waals surface area contributed by atoms with Crippen molar-refractivity contribution >= 4 is 5.97 Å². The van der Waals surface area contributed by atoms with Gasteiger partial charge < -0.3 is 4.74 Å². The summed E-state index contributed by atoms with van der Waals surface area (Å²) in [5.74, 6) is 6.01. The Morgan fingerprint density at radius 1 is 0.889 bits per heavy atom. The predicted octanol–water partition coefficient (Wildman–Crippen LogP) is 9.33. The number of rotatable bonds is 7. The fraction of sp³-hybridized carbons (Fsp3) is 0.794. The first-order valence-corrected chi connectivity index (χ1v) is 15.5. The second kappa shape index (κ2) is 10.5. The van der Waals surface area contributed by atoms with Crippen LogP contribution in [0.2, 0.25) is 0 Å². The molecule has 0 aliphatic heterocycles. The van der Waals surface area contributed by atoms with Crippen molar-refractivity contribution in [3.8, 4) is 0 Å². The van der Waals surface area contributed by atoms with Crippen molar-refractivity contribution in [3.05, 3.63) is 35.9 Å². The SMILES string of the molecule is CC(C)CCC[C@H](C)[C@H]1CC[C@H]2[C@@H]3CC[C@@H]4C[C@@H](OC(=O)c5ccccc5)CC[C@]4(C)[C@H]3CC[C@]12C. The van der Waals surface area contributed by atoms with Gasteiger partial charge in [-0.25, -0.2) is 4.79 Å². The Kier molecular flexibility index (Phi) is 7.64. The lowest BCUT2D eigenvalue weighted by Crippen LogP contribution is -2.54. The summed E-state index contributed by atoms with van der Waals surface area (Å²) in [5.41, 5.74) is 1.71. The maximum absolute atomic E-state index is 12.7. The van der Waals surface area contributed by atoms with E-state index in [9.17, 15) is 4.79 Å². The number of ether oxygens (including phenoxy) is 1. The number of carbonyl (C=O) groups excluding carboxylic acids is 1. The number of carbonyl (C=O) groups is 1. The highest BCUT2D eigenvalue weighted by molar-refractivity contribution is 5.89. The van der Waals surface area contributed by atoms with Crippen LogP contribution in [0.5, 0.6) is 0 Å². The fourth-order valence-electron chi connectivity index (χ4n) is 10.1. The largest absolute Gasteiger partial charge is 0.459 e. The minimum Gasteiger partial charge on any atom is -0.459 e. The molecule has 0 bridgehead atoms. The molecule has 0 heterocycles. The Morgan fingerprint density at radius 2 is 1.61 bits per heavy atom. The van der Waals surface area contributed by atoms with E-state index in [2.05, 4.69) is 34.6 Å². The highest BCUT2D eigenvalue weighted by Crippen LogP contribution is 2.68. The molecule has 4 saturated carbocycles. The molecule has 2 nitrogen and oxygen atoms in total. The van der Waals surface area contributed by atoms with Gasteiger partial charge in [0, 0.05) is 0 Å². The molecule has 0 spiro atoms. The van der Waals surface area contributed by atoms with Crippen molar-refractivity contribution in [2.24, 2.45) is 52.3 Å². The van der Waals surface area contributed by atoms with E-state index >= 15 is 0 Å². The van der Waals surface area contributed by atoms with E-state index in [4.69, 9.17) is 4.74 Å². The van der Waals surface area contributed by atoms with Crippen molar-refractivity contribution in [2.45, 2.75) is 118 Å². The van der Waals surface area contributed by atoms with E-state index in [0.717, 1.165) is 54.3 Å². The summed E-state index contributed by atoms with van der Waals surface area (Å²) >= 11 is 0. The quantitative estimate of drug-likeness (QED) is 0.354. The summed E-state index contributed by atoms with van der Waals surface area (Å²) in [6.07, 6.45) is 16.3. The molecule has 4 fully saturated rings. The first-order chi connectivity index (χ1) is 17.2. The van der Waals surface area contributed by atoms with Gasteiger partial charge >= 0.3 is 5.97 Å². The molecular formula is C34H52O2. The van der Waals surface area contributed by atoms with E-state index in [-0.39, 0.29) is 12.1 Å². The van der Waals surface area contributed by atoms with Crippen LogP contribution in [-0.4, -0.2) is 12.1 Å². The number of hydrogen-bond donors (Lipinski definition) is 0. The molecule has 0 saturated heterocycles. The van der Waals surface area contributed by atoms with Crippen LogP contribution in [0.25, 0.3) is 0 Å². The van der Waals surface area contributed by atoms with Gasteiger partial charge in [-0.1, -0.05) is 72.1 Å². The summed E-state index contributed by atoms with van der Waals surface area (Å²) in [6, 6.07) is 9.55. The van der Waals surface area contributed by atoms with Crippen molar-refractivity contribution < 1.29 is 9.53 Å². The molecule has 200 valence electrons. The lowest BCUT2D eigenvalue weighted by molar-refractivity contribution is -0.130. The molecule has 36 heavy (non-hydrogen) atoms. The Labute approximate surface area is 221 Å². The van der Waals surface area contributed by atoms with Gasteiger partial charge in [0.1, 0.15) is 6.10 Å². The molecule has 0 N–H and O–H groups in total. The summed E-state index contributed by atoms with van der Waals surface area (Å²) in [7, 11) is 0. The molecule has 4 aliphatic carbocycles. The molecule has 9 atom stereocenters. The van der Waals surface area contributed by atoms with Crippen LogP contribution in [0.1, 0.15) is 122 Å². The molecule has 0 aromatic heterocycles. The van der Waals surface area contributed by atoms with Gasteiger partial charge in [-0.3, -0.25) is 0 Å². The molecule has 0 radical (unpaired) electrons. The standard InChI is InChI=1S/C34H52O2/c1-23(2)10-9-11-24(3)29-16-17-30-28-15-14-26-22-27(36-32(35)25-12-7-6-8-13-25)18-20-33(26,4)31(28)19-21-34(29,30)5/h6-8,12-13,23-24,26-31H,9-11,14-22H2,1-5H3/t24-,26+,27-,28-,29+,30-,31-,33-,34+/m0/s1. The highest BCUT2D eigenvalue weighted by Gasteiger charge is 2.60. The van der Waals surface area contributed by atoms with Crippen LogP contribution in [0.3, 0.4) is 0 Å². The first kappa shape index (κ1) is 26.3. The Hall–Kier alpha value is -1.31. The monoisotopic (exact) mass is 492 g/mol. The molecule has 1 aromatic rings. The summed E-state index contributed by atoms with van der Waals surface area (Å²) in [5, 5.41) is 0. The molecule has 2 heteroatoms. The number of fused-ring (bicyclic) bond motifs is 5. The Morgan fingerprint density at radius 3 is 2.36 bits per heavy atom.